The first-order chi connectivity index (χ1) is 8.74. The van der Waals surface area contributed by atoms with E-state index in [0.717, 1.165) is 12.2 Å². The Morgan fingerprint density at radius 1 is 1.53 bits per heavy atom. The van der Waals surface area contributed by atoms with Gasteiger partial charge in [0.2, 0.25) is 0 Å². The number of nitrogens with one attached hydrogen (secondary N) is 1. The van der Waals surface area contributed by atoms with Gasteiger partial charge in [-0.25, -0.2) is 8.42 Å². The third kappa shape index (κ3) is 5.10. The molecule has 0 aliphatic rings. The Balaban J connectivity index is 2.99. The summed E-state index contributed by atoms with van der Waals surface area (Å²) in [5.74, 6) is -0.00310. The number of sulfone groups is 1. The lowest BCUT2D eigenvalue weighted by atomic mass is 10.2. The fourth-order valence-corrected chi connectivity index (χ4v) is 3.00. The van der Waals surface area contributed by atoms with E-state index in [1.54, 1.807) is 17.9 Å². The maximum Gasteiger partial charge on any atom is 0.149 e. The number of hydrogen-bond donors (Lipinski definition) is 1. The number of aromatic nitrogens is 2. The van der Waals surface area contributed by atoms with Crippen LogP contribution < -0.4 is 5.32 Å². The highest BCUT2D eigenvalue weighted by atomic mass is 35.5. The van der Waals surface area contributed by atoms with Crippen LogP contribution >= 0.6 is 11.6 Å². The van der Waals surface area contributed by atoms with Gasteiger partial charge in [0.15, 0.2) is 0 Å². The van der Waals surface area contributed by atoms with Crippen LogP contribution in [-0.2, 0) is 16.4 Å². The zero-order chi connectivity index (χ0) is 14.6. The third-order valence-electron chi connectivity index (χ3n) is 2.74. The lowest BCUT2D eigenvalue weighted by Crippen LogP contribution is -2.29. The Labute approximate surface area is 119 Å². The van der Waals surface area contributed by atoms with Gasteiger partial charge in [0.05, 0.1) is 35.3 Å². The molecule has 1 atom stereocenters. The Kier molecular flexibility index (Phi) is 5.79. The summed E-state index contributed by atoms with van der Waals surface area (Å²) in [6.07, 6.45) is 2.77. The van der Waals surface area contributed by atoms with E-state index in [0.29, 0.717) is 11.6 Å². The summed E-state index contributed by atoms with van der Waals surface area (Å²) >= 11 is 6.13. The smallest absolute Gasteiger partial charge is 0.149 e. The van der Waals surface area contributed by atoms with Gasteiger partial charge in [-0.05, 0) is 21.1 Å². The highest BCUT2D eigenvalue weighted by Gasteiger charge is 2.22. The van der Waals surface area contributed by atoms with Gasteiger partial charge >= 0.3 is 0 Å². The fourth-order valence-electron chi connectivity index (χ4n) is 1.79. The van der Waals surface area contributed by atoms with Gasteiger partial charge in [-0.15, -0.1) is 0 Å². The van der Waals surface area contributed by atoms with E-state index in [2.05, 4.69) is 10.4 Å². The van der Waals surface area contributed by atoms with Crippen LogP contribution in [0.4, 0.5) is 0 Å². The maximum atomic E-state index is 11.5. The Hall–Kier alpha value is -0.630. The lowest BCUT2D eigenvalue weighted by Gasteiger charge is -2.19. The molecular formula is C11H21ClN4O2S. The van der Waals surface area contributed by atoms with Gasteiger partial charge in [-0.3, -0.25) is 4.68 Å². The molecule has 0 bridgehead atoms. The summed E-state index contributed by atoms with van der Waals surface area (Å²) in [7, 11) is 2.56. The van der Waals surface area contributed by atoms with Crippen LogP contribution in [0.25, 0.3) is 0 Å². The van der Waals surface area contributed by atoms with Crippen molar-refractivity contribution < 1.29 is 8.42 Å². The molecule has 19 heavy (non-hydrogen) atoms. The van der Waals surface area contributed by atoms with Crippen molar-refractivity contribution in [3.63, 3.8) is 0 Å². The summed E-state index contributed by atoms with van der Waals surface area (Å²) in [6.45, 7) is 1.47. The Morgan fingerprint density at radius 2 is 2.16 bits per heavy atom. The minimum absolute atomic E-state index is 0.00310. The standard InChI is InChI=1S/C11H21ClN4O2S/c1-13-10(8-19(4,17)18)11-9(12)7-14-16(11)6-5-15(2)3/h7,10,13H,5-6,8H2,1-4H3. The SMILES string of the molecule is CNC(CS(C)(=O)=O)c1c(Cl)cnn1CCN(C)C. The number of nitrogens with zero attached hydrogens (tertiary/aromatic N) is 3. The van der Waals surface area contributed by atoms with Crippen molar-refractivity contribution in [1.29, 1.82) is 0 Å². The molecule has 1 aromatic heterocycles. The summed E-state index contributed by atoms with van der Waals surface area (Å²) in [5.41, 5.74) is 0.719. The molecule has 0 aliphatic carbocycles. The molecule has 0 amide bonds. The van der Waals surface area contributed by atoms with Crippen molar-refractivity contribution >= 4 is 21.4 Å². The van der Waals surface area contributed by atoms with Crippen LogP contribution in [0.2, 0.25) is 5.02 Å². The molecule has 0 saturated heterocycles. The molecule has 0 saturated carbocycles. The number of hydrogen-bond acceptors (Lipinski definition) is 5. The van der Waals surface area contributed by atoms with E-state index in [4.69, 9.17) is 11.6 Å². The van der Waals surface area contributed by atoms with E-state index in [1.807, 2.05) is 19.0 Å². The maximum absolute atomic E-state index is 11.5. The third-order valence-corrected chi connectivity index (χ3v) is 3.97. The second-order valence-corrected chi connectivity index (χ2v) is 7.43. The lowest BCUT2D eigenvalue weighted by molar-refractivity contribution is 0.365. The van der Waals surface area contributed by atoms with Gasteiger partial charge in [0.25, 0.3) is 0 Å². The van der Waals surface area contributed by atoms with Gasteiger partial charge in [0, 0.05) is 12.8 Å². The molecular weight excluding hydrogens is 288 g/mol. The van der Waals surface area contributed by atoms with Gasteiger partial charge in [0.1, 0.15) is 9.84 Å². The van der Waals surface area contributed by atoms with Gasteiger partial charge in [-0.1, -0.05) is 11.6 Å². The molecule has 1 rings (SSSR count). The second kappa shape index (κ2) is 6.69. The quantitative estimate of drug-likeness (QED) is 0.790. The zero-order valence-corrected chi connectivity index (χ0v) is 13.3. The van der Waals surface area contributed by atoms with Crippen molar-refractivity contribution in [3.05, 3.63) is 16.9 Å². The normalized spacial score (nSPS) is 14.0. The van der Waals surface area contributed by atoms with E-state index < -0.39 is 9.84 Å². The molecule has 6 nitrogen and oxygen atoms in total. The topological polar surface area (TPSA) is 67.2 Å². The van der Waals surface area contributed by atoms with Crippen molar-refractivity contribution in [3.8, 4) is 0 Å². The van der Waals surface area contributed by atoms with Crippen LogP contribution in [0, 0.1) is 0 Å². The molecule has 110 valence electrons. The average Bonchev–Trinajstić information content (AvgIpc) is 2.63. The van der Waals surface area contributed by atoms with E-state index >= 15 is 0 Å². The molecule has 8 heteroatoms. The average molecular weight is 309 g/mol. The minimum atomic E-state index is -3.10. The molecule has 0 aromatic carbocycles. The zero-order valence-electron chi connectivity index (χ0n) is 11.7. The Morgan fingerprint density at radius 3 is 2.63 bits per heavy atom. The molecule has 0 fully saturated rings. The Bertz CT molecular complexity index is 513. The van der Waals surface area contributed by atoms with Gasteiger partial charge < -0.3 is 10.2 Å². The number of likely N-dealkylation sites (N-methyl/N-ethyl adjacent to an activating group) is 1. The number of rotatable bonds is 7. The summed E-state index contributed by atoms with van der Waals surface area (Å²) in [6, 6.07) is -0.354. The minimum Gasteiger partial charge on any atom is -0.311 e. The first-order valence-corrected chi connectivity index (χ1v) is 8.39. The van der Waals surface area contributed by atoms with Crippen LogP contribution in [-0.4, -0.2) is 62.8 Å². The molecule has 0 spiro atoms. The molecule has 1 heterocycles. The summed E-state index contributed by atoms with van der Waals surface area (Å²) in [5, 5.41) is 7.69. The first-order valence-electron chi connectivity index (χ1n) is 5.95. The molecule has 1 unspecified atom stereocenters. The first kappa shape index (κ1) is 16.4. The molecule has 0 aliphatic heterocycles. The van der Waals surface area contributed by atoms with Crippen LogP contribution in [0.3, 0.4) is 0 Å². The van der Waals surface area contributed by atoms with Crippen molar-refractivity contribution in [1.82, 2.24) is 20.0 Å². The van der Waals surface area contributed by atoms with Crippen molar-refractivity contribution in [2.24, 2.45) is 0 Å². The van der Waals surface area contributed by atoms with Crippen molar-refractivity contribution in [2.45, 2.75) is 12.6 Å². The van der Waals surface area contributed by atoms with Crippen LogP contribution in [0.15, 0.2) is 6.20 Å². The largest absolute Gasteiger partial charge is 0.311 e. The van der Waals surface area contributed by atoms with Crippen LogP contribution in [0.1, 0.15) is 11.7 Å². The fraction of sp³-hybridized carbons (Fsp3) is 0.727. The summed E-state index contributed by atoms with van der Waals surface area (Å²) in [4.78, 5) is 2.03. The molecule has 1 aromatic rings. The highest BCUT2D eigenvalue weighted by Crippen LogP contribution is 2.23. The predicted octanol–water partition coefficient (Wildman–Crippen LogP) is 0.403. The second-order valence-electron chi connectivity index (χ2n) is 4.84. The van der Waals surface area contributed by atoms with E-state index in [-0.39, 0.29) is 11.8 Å². The van der Waals surface area contributed by atoms with Crippen molar-refractivity contribution in [2.75, 3.05) is 39.7 Å². The molecule has 0 radical (unpaired) electrons. The molecule has 1 N–H and O–H groups in total. The highest BCUT2D eigenvalue weighted by molar-refractivity contribution is 7.90. The monoisotopic (exact) mass is 308 g/mol. The summed E-state index contributed by atoms with van der Waals surface area (Å²) < 4.78 is 24.7. The van der Waals surface area contributed by atoms with E-state index in [1.165, 1.54) is 6.26 Å². The van der Waals surface area contributed by atoms with Gasteiger partial charge in [-0.2, -0.15) is 5.10 Å². The predicted molar refractivity (Wildman–Crippen MR) is 77.3 cm³/mol. The van der Waals surface area contributed by atoms with E-state index in [9.17, 15) is 8.42 Å². The number of halogens is 1. The van der Waals surface area contributed by atoms with Crippen LogP contribution in [0.5, 0.6) is 0 Å².